The van der Waals surface area contributed by atoms with E-state index in [0.717, 1.165) is 33.3 Å². The first-order valence-corrected chi connectivity index (χ1v) is 7.30. The smallest absolute Gasteiger partial charge is 0.127 e. The predicted octanol–water partition coefficient (Wildman–Crippen LogP) is 3.33. The molecule has 0 spiro atoms. The lowest BCUT2D eigenvalue weighted by atomic mass is 9.82. The van der Waals surface area contributed by atoms with Gasteiger partial charge in [-0.1, -0.05) is 15.9 Å². The molecule has 0 aromatic heterocycles. The van der Waals surface area contributed by atoms with Gasteiger partial charge >= 0.3 is 0 Å². The Morgan fingerprint density at radius 1 is 1.21 bits per heavy atom. The van der Waals surface area contributed by atoms with Gasteiger partial charge in [-0.15, -0.1) is 0 Å². The summed E-state index contributed by atoms with van der Waals surface area (Å²) in [6.07, 6.45) is 1.40. The molecular weight excluding hydrogens is 306 g/mol. The number of benzene rings is 1. The van der Waals surface area contributed by atoms with Gasteiger partial charge in [0.05, 0.1) is 7.11 Å². The third-order valence-electron chi connectivity index (χ3n) is 3.79. The third-order valence-corrected chi connectivity index (χ3v) is 4.98. The number of ether oxygens (including phenoxy) is 1. The maximum atomic E-state index is 9.03. The quantitative estimate of drug-likeness (QED) is 0.871. The van der Waals surface area contributed by atoms with Crippen molar-refractivity contribution in [3.05, 3.63) is 26.7 Å². The summed E-state index contributed by atoms with van der Waals surface area (Å²) in [5, 5.41) is 9.03. The number of hydrogen-bond acceptors (Lipinski definition) is 3. The first kappa shape index (κ1) is 16.5. The zero-order chi connectivity index (χ0) is 14.8. The Labute approximate surface area is 124 Å². The highest BCUT2D eigenvalue weighted by molar-refractivity contribution is 9.10. The van der Waals surface area contributed by atoms with Crippen LogP contribution in [0.15, 0.2) is 4.47 Å². The van der Waals surface area contributed by atoms with Gasteiger partial charge in [0.2, 0.25) is 0 Å². The highest BCUT2D eigenvalue weighted by Gasteiger charge is 2.29. The van der Waals surface area contributed by atoms with E-state index < -0.39 is 5.54 Å². The zero-order valence-electron chi connectivity index (χ0n) is 12.4. The van der Waals surface area contributed by atoms with Crippen LogP contribution in [0.4, 0.5) is 0 Å². The van der Waals surface area contributed by atoms with Crippen molar-refractivity contribution in [1.29, 1.82) is 0 Å². The lowest BCUT2D eigenvalue weighted by Gasteiger charge is -2.31. The summed E-state index contributed by atoms with van der Waals surface area (Å²) in [4.78, 5) is 0. The van der Waals surface area contributed by atoms with Gasteiger partial charge in [0.15, 0.2) is 0 Å². The SMILES string of the molecule is COc1c(C)c(C)c(Br)c(C)c1C(C)(N)CCCO. The second-order valence-electron chi connectivity index (χ2n) is 5.34. The average Bonchev–Trinajstić information content (AvgIpc) is 2.37. The van der Waals surface area contributed by atoms with Crippen LogP contribution in [0.3, 0.4) is 0 Å². The van der Waals surface area contributed by atoms with Crippen LogP contribution >= 0.6 is 15.9 Å². The Balaban J connectivity index is 3.49. The van der Waals surface area contributed by atoms with Crippen molar-refractivity contribution in [2.45, 2.75) is 46.1 Å². The first-order chi connectivity index (χ1) is 8.77. The molecule has 0 aliphatic heterocycles. The van der Waals surface area contributed by atoms with E-state index in [1.165, 1.54) is 5.56 Å². The van der Waals surface area contributed by atoms with E-state index in [9.17, 15) is 0 Å². The number of methoxy groups -OCH3 is 1. The Morgan fingerprint density at radius 3 is 2.26 bits per heavy atom. The largest absolute Gasteiger partial charge is 0.496 e. The molecule has 3 nitrogen and oxygen atoms in total. The number of hydrogen-bond donors (Lipinski definition) is 2. The fourth-order valence-corrected chi connectivity index (χ4v) is 3.09. The molecule has 0 aliphatic rings. The molecule has 108 valence electrons. The summed E-state index contributed by atoms with van der Waals surface area (Å²) in [7, 11) is 1.68. The molecule has 0 saturated heterocycles. The van der Waals surface area contributed by atoms with Gasteiger partial charge in [-0.2, -0.15) is 0 Å². The van der Waals surface area contributed by atoms with Gasteiger partial charge in [0, 0.05) is 22.2 Å². The van der Waals surface area contributed by atoms with Crippen LogP contribution in [-0.2, 0) is 5.54 Å². The summed E-state index contributed by atoms with van der Waals surface area (Å²) < 4.78 is 6.68. The summed E-state index contributed by atoms with van der Waals surface area (Å²) in [5.41, 5.74) is 10.4. The summed E-state index contributed by atoms with van der Waals surface area (Å²) in [6.45, 7) is 8.32. The van der Waals surface area contributed by atoms with E-state index >= 15 is 0 Å². The normalized spacial score (nSPS) is 14.3. The fourth-order valence-electron chi connectivity index (χ4n) is 2.60. The van der Waals surface area contributed by atoms with Crippen LogP contribution in [0.25, 0.3) is 0 Å². The molecule has 1 aromatic carbocycles. The van der Waals surface area contributed by atoms with E-state index in [-0.39, 0.29) is 6.61 Å². The minimum atomic E-state index is -0.515. The fraction of sp³-hybridized carbons (Fsp3) is 0.600. The van der Waals surface area contributed by atoms with E-state index in [2.05, 4.69) is 29.8 Å². The highest BCUT2D eigenvalue weighted by Crippen LogP contribution is 2.42. The Hall–Kier alpha value is -0.580. The predicted molar refractivity (Wildman–Crippen MR) is 82.8 cm³/mol. The zero-order valence-corrected chi connectivity index (χ0v) is 14.0. The van der Waals surface area contributed by atoms with Crippen molar-refractivity contribution in [1.82, 2.24) is 0 Å². The summed E-state index contributed by atoms with van der Waals surface area (Å²) >= 11 is 3.64. The summed E-state index contributed by atoms with van der Waals surface area (Å²) in [6, 6.07) is 0. The average molecular weight is 330 g/mol. The van der Waals surface area contributed by atoms with E-state index in [1.54, 1.807) is 7.11 Å². The molecule has 0 heterocycles. The first-order valence-electron chi connectivity index (χ1n) is 6.51. The molecule has 1 atom stereocenters. The minimum absolute atomic E-state index is 0.153. The van der Waals surface area contributed by atoms with Gasteiger partial charge < -0.3 is 15.6 Å². The van der Waals surface area contributed by atoms with Crippen molar-refractivity contribution in [2.24, 2.45) is 5.73 Å². The standard InChI is InChI=1S/C15H24BrNO2/c1-9-10(2)14(19-5)12(11(3)13(9)16)15(4,17)7-6-8-18/h18H,6-8,17H2,1-5H3. The van der Waals surface area contributed by atoms with Crippen molar-refractivity contribution >= 4 is 15.9 Å². The maximum Gasteiger partial charge on any atom is 0.127 e. The molecule has 0 fully saturated rings. The lowest BCUT2D eigenvalue weighted by molar-refractivity contribution is 0.263. The number of aliphatic hydroxyl groups is 1. The van der Waals surface area contributed by atoms with E-state index in [0.29, 0.717) is 6.42 Å². The van der Waals surface area contributed by atoms with E-state index in [4.69, 9.17) is 15.6 Å². The Morgan fingerprint density at radius 2 is 1.79 bits per heavy atom. The lowest BCUT2D eigenvalue weighted by Crippen LogP contribution is -2.35. The Kier molecular flexibility index (Phi) is 5.42. The molecule has 3 N–H and O–H groups in total. The topological polar surface area (TPSA) is 55.5 Å². The van der Waals surface area contributed by atoms with Crippen molar-refractivity contribution in [3.8, 4) is 5.75 Å². The number of rotatable bonds is 5. The van der Waals surface area contributed by atoms with Gasteiger partial charge in [-0.3, -0.25) is 0 Å². The molecule has 1 rings (SSSR count). The maximum absolute atomic E-state index is 9.03. The molecular formula is C15H24BrNO2. The van der Waals surface area contributed by atoms with Crippen LogP contribution in [0.5, 0.6) is 5.75 Å². The van der Waals surface area contributed by atoms with Crippen molar-refractivity contribution in [2.75, 3.05) is 13.7 Å². The molecule has 0 saturated carbocycles. The second kappa shape index (κ2) is 6.25. The van der Waals surface area contributed by atoms with Crippen LogP contribution in [0.2, 0.25) is 0 Å². The van der Waals surface area contributed by atoms with Crippen molar-refractivity contribution in [3.63, 3.8) is 0 Å². The minimum Gasteiger partial charge on any atom is -0.496 e. The molecule has 0 bridgehead atoms. The van der Waals surface area contributed by atoms with Crippen LogP contribution < -0.4 is 10.5 Å². The van der Waals surface area contributed by atoms with Crippen LogP contribution in [0, 0.1) is 20.8 Å². The van der Waals surface area contributed by atoms with Crippen LogP contribution in [0.1, 0.15) is 42.0 Å². The summed E-state index contributed by atoms with van der Waals surface area (Å²) in [5.74, 6) is 0.862. The van der Waals surface area contributed by atoms with Gasteiger partial charge in [-0.05, 0) is 57.2 Å². The second-order valence-corrected chi connectivity index (χ2v) is 6.13. The van der Waals surface area contributed by atoms with E-state index in [1.807, 2.05) is 13.8 Å². The number of aliphatic hydroxyl groups excluding tert-OH is 1. The molecule has 1 unspecified atom stereocenters. The van der Waals surface area contributed by atoms with Gasteiger partial charge in [0.25, 0.3) is 0 Å². The third kappa shape index (κ3) is 3.12. The molecule has 19 heavy (non-hydrogen) atoms. The van der Waals surface area contributed by atoms with Crippen molar-refractivity contribution < 1.29 is 9.84 Å². The molecule has 0 amide bonds. The molecule has 4 heteroatoms. The molecule has 0 aliphatic carbocycles. The Bertz CT molecular complexity index is 470. The molecule has 0 radical (unpaired) electrons. The van der Waals surface area contributed by atoms with Crippen LogP contribution in [-0.4, -0.2) is 18.8 Å². The van der Waals surface area contributed by atoms with Gasteiger partial charge in [-0.25, -0.2) is 0 Å². The monoisotopic (exact) mass is 329 g/mol. The highest BCUT2D eigenvalue weighted by atomic mass is 79.9. The molecule has 1 aromatic rings. The number of nitrogens with two attached hydrogens (primary N) is 1. The number of halogens is 1. The van der Waals surface area contributed by atoms with Gasteiger partial charge in [0.1, 0.15) is 5.75 Å².